The van der Waals surface area contributed by atoms with E-state index in [-0.39, 0.29) is 11.4 Å². The number of anilines is 1. The van der Waals surface area contributed by atoms with Gasteiger partial charge in [0.1, 0.15) is 17.5 Å². The molecule has 144 valence electrons. The van der Waals surface area contributed by atoms with Crippen LogP contribution < -0.4 is 5.32 Å². The van der Waals surface area contributed by atoms with Gasteiger partial charge in [-0.1, -0.05) is 57.9 Å². The molecule has 1 amide bonds. The zero-order valence-electron chi connectivity index (χ0n) is 15.1. The predicted molar refractivity (Wildman–Crippen MR) is 117 cm³/mol. The van der Waals surface area contributed by atoms with Crippen molar-refractivity contribution < 1.29 is 9.18 Å². The van der Waals surface area contributed by atoms with Crippen molar-refractivity contribution in [1.82, 2.24) is 0 Å². The molecule has 0 aliphatic rings. The molecule has 3 rings (SSSR count). The highest BCUT2D eigenvalue weighted by molar-refractivity contribution is 9.10. The van der Waals surface area contributed by atoms with Crippen LogP contribution in [0.15, 0.2) is 76.8 Å². The van der Waals surface area contributed by atoms with Crippen LogP contribution in [-0.4, -0.2) is 5.91 Å². The lowest BCUT2D eigenvalue weighted by Crippen LogP contribution is -2.13. The van der Waals surface area contributed by atoms with Gasteiger partial charge in [0.25, 0.3) is 5.91 Å². The average Bonchev–Trinajstić information content (AvgIpc) is 2.68. The van der Waals surface area contributed by atoms with Crippen molar-refractivity contribution in [3.8, 4) is 6.07 Å². The highest BCUT2D eigenvalue weighted by atomic mass is 79.9. The molecule has 0 saturated heterocycles. The highest BCUT2D eigenvalue weighted by Gasteiger charge is 2.11. The first-order valence-electron chi connectivity index (χ1n) is 8.66. The minimum atomic E-state index is -0.519. The number of benzene rings is 3. The molecule has 0 fully saturated rings. The summed E-state index contributed by atoms with van der Waals surface area (Å²) in [6.45, 7) is 0. The van der Waals surface area contributed by atoms with Crippen LogP contribution in [0.3, 0.4) is 0 Å². The number of halogens is 3. The maximum atomic E-state index is 13.4. The molecule has 0 aliphatic carbocycles. The summed E-state index contributed by atoms with van der Waals surface area (Å²) in [7, 11) is 0. The summed E-state index contributed by atoms with van der Waals surface area (Å²) in [6, 6.07) is 20.6. The SMILES string of the molecule is N#C/C(=C\c1ccc(Cc2cccc(F)c2)c(Br)c1)C(=O)Nc1cccc(Cl)c1. The molecular formula is C23H15BrClFN2O. The number of hydrogen-bond acceptors (Lipinski definition) is 2. The maximum absolute atomic E-state index is 13.4. The highest BCUT2D eigenvalue weighted by Crippen LogP contribution is 2.24. The molecule has 0 saturated carbocycles. The number of rotatable bonds is 5. The van der Waals surface area contributed by atoms with Crippen molar-refractivity contribution in [2.24, 2.45) is 0 Å². The number of carbonyl (C=O) groups excluding carboxylic acids is 1. The van der Waals surface area contributed by atoms with Crippen LogP contribution in [-0.2, 0) is 11.2 Å². The van der Waals surface area contributed by atoms with Gasteiger partial charge in [0, 0.05) is 15.2 Å². The summed E-state index contributed by atoms with van der Waals surface area (Å²) in [5.41, 5.74) is 2.99. The van der Waals surface area contributed by atoms with Crippen molar-refractivity contribution in [2.75, 3.05) is 5.32 Å². The van der Waals surface area contributed by atoms with E-state index in [1.54, 1.807) is 30.3 Å². The van der Waals surface area contributed by atoms with Crippen LogP contribution in [0, 0.1) is 17.1 Å². The van der Waals surface area contributed by atoms with Crippen molar-refractivity contribution in [2.45, 2.75) is 6.42 Å². The number of nitrogens with zero attached hydrogens (tertiary/aromatic N) is 1. The van der Waals surface area contributed by atoms with E-state index in [1.165, 1.54) is 18.2 Å². The van der Waals surface area contributed by atoms with E-state index in [1.807, 2.05) is 30.3 Å². The molecule has 0 unspecified atom stereocenters. The van der Waals surface area contributed by atoms with Crippen LogP contribution in [0.5, 0.6) is 0 Å². The first kappa shape index (κ1) is 20.8. The minimum Gasteiger partial charge on any atom is -0.321 e. The molecule has 3 nitrogen and oxygen atoms in total. The standard InChI is InChI=1S/C23H15BrClFN2O/c24-22-12-16(7-8-17(22)9-15-3-1-5-20(26)11-15)10-18(14-27)23(29)28-21-6-2-4-19(25)13-21/h1-8,10-13H,9H2,(H,28,29)/b18-10+. The van der Waals surface area contributed by atoms with Gasteiger partial charge in [0.15, 0.2) is 0 Å². The maximum Gasteiger partial charge on any atom is 0.266 e. The van der Waals surface area contributed by atoms with Gasteiger partial charge in [-0.3, -0.25) is 4.79 Å². The van der Waals surface area contributed by atoms with Crippen LogP contribution in [0.4, 0.5) is 10.1 Å². The van der Waals surface area contributed by atoms with Gasteiger partial charge < -0.3 is 5.32 Å². The molecule has 0 aromatic heterocycles. The molecule has 29 heavy (non-hydrogen) atoms. The van der Waals surface area contributed by atoms with Gasteiger partial charge in [0.05, 0.1) is 0 Å². The molecule has 0 radical (unpaired) electrons. The lowest BCUT2D eigenvalue weighted by Gasteiger charge is -2.07. The van der Waals surface area contributed by atoms with E-state index in [0.717, 1.165) is 15.6 Å². The molecular weight excluding hydrogens is 455 g/mol. The Kier molecular flexibility index (Phi) is 6.82. The number of amides is 1. The number of hydrogen-bond donors (Lipinski definition) is 1. The Balaban J connectivity index is 1.78. The van der Waals surface area contributed by atoms with E-state index in [4.69, 9.17) is 11.6 Å². The summed E-state index contributed by atoms with van der Waals surface area (Å²) < 4.78 is 14.2. The third-order valence-electron chi connectivity index (χ3n) is 4.12. The Hall–Kier alpha value is -2.94. The van der Waals surface area contributed by atoms with Crippen molar-refractivity contribution in [3.05, 3.63) is 104 Å². The van der Waals surface area contributed by atoms with Gasteiger partial charge >= 0.3 is 0 Å². The number of carbonyl (C=O) groups is 1. The zero-order chi connectivity index (χ0) is 20.8. The molecule has 0 aliphatic heterocycles. The molecule has 1 N–H and O–H groups in total. The molecule has 0 atom stereocenters. The molecule has 0 heterocycles. The second-order valence-corrected chi connectivity index (χ2v) is 7.58. The monoisotopic (exact) mass is 468 g/mol. The fourth-order valence-corrected chi connectivity index (χ4v) is 3.47. The summed E-state index contributed by atoms with van der Waals surface area (Å²) in [5.74, 6) is -0.794. The van der Waals surface area contributed by atoms with Gasteiger partial charge in [0.2, 0.25) is 0 Å². The second-order valence-electron chi connectivity index (χ2n) is 6.29. The molecule has 6 heteroatoms. The first-order chi connectivity index (χ1) is 13.9. The minimum absolute atomic E-state index is 0.0326. The van der Waals surface area contributed by atoms with Crippen LogP contribution in [0.25, 0.3) is 6.08 Å². The fourth-order valence-electron chi connectivity index (χ4n) is 2.74. The average molecular weight is 470 g/mol. The van der Waals surface area contributed by atoms with E-state index in [0.29, 0.717) is 22.7 Å². The van der Waals surface area contributed by atoms with Gasteiger partial charge in [-0.25, -0.2) is 4.39 Å². The van der Waals surface area contributed by atoms with E-state index >= 15 is 0 Å². The quantitative estimate of drug-likeness (QED) is 0.348. The lowest BCUT2D eigenvalue weighted by molar-refractivity contribution is -0.112. The smallest absolute Gasteiger partial charge is 0.266 e. The fraction of sp³-hybridized carbons (Fsp3) is 0.0435. The summed E-state index contributed by atoms with van der Waals surface area (Å²) in [6.07, 6.45) is 2.07. The number of nitriles is 1. The van der Waals surface area contributed by atoms with Gasteiger partial charge in [-0.05, 0) is 65.6 Å². The van der Waals surface area contributed by atoms with E-state index in [2.05, 4.69) is 21.2 Å². The Labute approximate surface area is 181 Å². The van der Waals surface area contributed by atoms with Gasteiger partial charge in [-0.2, -0.15) is 5.26 Å². The Morgan fingerprint density at radius 3 is 2.62 bits per heavy atom. The second kappa shape index (κ2) is 9.51. The van der Waals surface area contributed by atoms with Crippen LogP contribution in [0.1, 0.15) is 16.7 Å². The van der Waals surface area contributed by atoms with E-state index < -0.39 is 5.91 Å². The predicted octanol–water partition coefficient (Wildman–Crippen LogP) is 6.38. The third-order valence-corrected chi connectivity index (χ3v) is 5.09. The zero-order valence-corrected chi connectivity index (χ0v) is 17.5. The van der Waals surface area contributed by atoms with Crippen LogP contribution >= 0.6 is 27.5 Å². The van der Waals surface area contributed by atoms with Crippen molar-refractivity contribution in [1.29, 1.82) is 5.26 Å². The number of nitrogens with one attached hydrogen (secondary N) is 1. The summed E-state index contributed by atoms with van der Waals surface area (Å²) >= 11 is 9.43. The Morgan fingerprint density at radius 1 is 1.14 bits per heavy atom. The topological polar surface area (TPSA) is 52.9 Å². The molecule has 0 spiro atoms. The Morgan fingerprint density at radius 2 is 1.93 bits per heavy atom. The first-order valence-corrected chi connectivity index (χ1v) is 9.83. The summed E-state index contributed by atoms with van der Waals surface area (Å²) in [5, 5.41) is 12.5. The third kappa shape index (κ3) is 5.77. The normalized spacial score (nSPS) is 11.0. The molecule has 3 aromatic rings. The van der Waals surface area contributed by atoms with Gasteiger partial charge in [-0.15, -0.1) is 0 Å². The molecule has 3 aromatic carbocycles. The summed E-state index contributed by atoms with van der Waals surface area (Å²) in [4.78, 5) is 12.4. The lowest BCUT2D eigenvalue weighted by atomic mass is 10.0. The largest absolute Gasteiger partial charge is 0.321 e. The van der Waals surface area contributed by atoms with Crippen LogP contribution in [0.2, 0.25) is 5.02 Å². The van der Waals surface area contributed by atoms with Crippen molar-refractivity contribution >= 4 is 45.2 Å². The Bertz CT molecular complexity index is 1140. The van der Waals surface area contributed by atoms with E-state index in [9.17, 15) is 14.4 Å². The molecule has 0 bridgehead atoms. The van der Waals surface area contributed by atoms with Crippen molar-refractivity contribution in [3.63, 3.8) is 0 Å².